The van der Waals surface area contributed by atoms with Crippen LogP contribution in [0.2, 0.25) is 5.02 Å². The second-order valence-corrected chi connectivity index (χ2v) is 4.62. The quantitative estimate of drug-likeness (QED) is 0.772. The predicted octanol–water partition coefficient (Wildman–Crippen LogP) is 3.57. The molecule has 0 aliphatic carbocycles. The third-order valence-corrected chi connectivity index (χ3v) is 3.10. The molecular weight excluding hydrogens is 248 g/mol. The van der Waals surface area contributed by atoms with E-state index in [0.717, 1.165) is 17.5 Å². The monoisotopic (exact) mass is 262 g/mol. The summed E-state index contributed by atoms with van der Waals surface area (Å²) < 4.78 is 1.96. The molecule has 2 heterocycles. The summed E-state index contributed by atoms with van der Waals surface area (Å²) in [6, 6.07) is 3.74. The van der Waals surface area contributed by atoms with Crippen molar-refractivity contribution in [1.29, 1.82) is 0 Å². The molecule has 2 aromatic rings. The molecule has 0 fully saturated rings. The second kappa shape index (κ2) is 5.83. The fourth-order valence-electron chi connectivity index (χ4n) is 1.80. The van der Waals surface area contributed by atoms with Gasteiger partial charge in [0, 0.05) is 43.3 Å². The Balaban J connectivity index is 2.12. The maximum Gasteiger partial charge on any atom is 0.164 e. The molecule has 18 heavy (non-hydrogen) atoms. The topological polar surface area (TPSA) is 34.9 Å². The van der Waals surface area contributed by atoms with E-state index in [4.69, 9.17) is 11.6 Å². The summed E-state index contributed by atoms with van der Waals surface area (Å²) in [5.41, 5.74) is 1.76. The SMILES string of the molecule is CCCC(=O)c1ccn(Cc2ccncc2Cl)c1. The zero-order chi connectivity index (χ0) is 13.0. The van der Waals surface area contributed by atoms with Gasteiger partial charge in [0.2, 0.25) is 0 Å². The Morgan fingerprint density at radius 2 is 2.28 bits per heavy atom. The highest BCUT2D eigenvalue weighted by molar-refractivity contribution is 6.31. The highest BCUT2D eigenvalue weighted by Crippen LogP contribution is 2.16. The molecule has 0 aromatic carbocycles. The third-order valence-electron chi connectivity index (χ3n) is 2.76. The number of Topliss-reactive ketones (excluding diaryl/α,β-unsaturated/α-hetero) is 1. The molecule has 0 spiro atoms. The standard InChI is InChI=1S/C14H15ClN2O/c1-2-3-14(18)12-5-7-17(10-12)9-11-4-6-16-8-13(11)15/h4-8,10H,2-3,9H2,1H3. The van der Waals surface area contributed by atoms with Crippen LogP contribution >= 0.6 is 11.6 Å². The van der Waals surface area contributed by atoms with Crippen molar-refractivity contribution in [3.8, 4) is 0 Å². The summed E-state index contributed by atoms with van der Waals surface area (Å²) in [5.74, 6) is 0.192. The van der Waals surface area contributed by atoms with Crippen molar-refractivity contribution >= 4 is 17.4 Å². The van der Waals surface area contributed by atoms with Gasteiger partial charge >= 0.3 is 0 Å². The molecule has 0 saturated heterocycles. The van der Waals surface area contributed by atoms with E-state index < -0.39 is 0 Å². The minimum Gasteiger partial charge on any atom is -0.349 e. The van der Waals surface area contributed by atoms with Crippen LogP contribution in [0.5, 0.6) is 0 Å². The van der Waals surface area contributed by atoms with Crippen LogP contribution in [0.3, 0.4) is 0 Å². The van der Waals surface area contributed by atoms with Gasteiger partial charge in [0.1, 0.15) is 0 Å². The molecule has 0 saturated carbocycles. The normalized spacial score (nSPS) is 10.6. The first-order valence-corrected chi connectivity index (χ1v) is 6.36. The van der Waals surface area contributed by atoms with E-state index in [1.807, 2.05) is 36.0 Å². The molecule has 0 aliphatic rings. The van der Waals surface area contributed by atoms with Crippen LogP contribution in [0.25, 0.3) is 0 Å². The number of rotatable bonds is 5. The lowest BCUT2D eigenvalue weighted by Crippen LogP contribution is -1.99. The first-order chi connectivity index (χ1) is 8.70. The second-order valence-electron chi connectivity index (χ2n) is 4.21. The zero-order valence-electron chi connectivity index (χ0n) is 10.3. The molecule has 94 valence electrons. The zero-order valence-corrected chi connectivity index (χ0v) is 11.0. The molecule has 0 N–H and O–H groups in total. The third kappa shape index (κ3) is 2.99. The van der Waals surface area contributed by atoms with Crippen LogP contribution in [0.1, 0.15) is 35.7 Å². The van der Waals surface area contributed by atoms with Crippen molar-refractivity contribution in [2.45, 2.75) is 26.3 Å². The van der Waals surface area contributed by atoms with E-state index in [1.54, 1.807) is 12.4 Å². The number of carbonyl (C=O) groups is 1. The maximum atomic E-state index is 11.7. The van der Waals surface area contributed by atoms with Gasteiger partial charge in [-0.3, -0.25) is 9.78 Å². The molecule has 2 aromatic heterocycles. The maximum absolute atomic E-state index is 11.7. The number of halogens is 1. The molecular formula is C14H15ClN2O. The summed E-state index contributed by atoms with van der Waals surface area (Å²) in [4.78, 5) is 15.7. The Labute approximate surface area is 111 Å². The van der Waals surface area contributed by atoms with Gasteiger partial charge in [0.05, 0.1) is 5.02 Å². The Kier molecular flexibility index (Phi) is 4.15. The van der Waals surface area contributed by atoms with Crippen LogP contribution < -0.4 is 0 Å². The van der Waals surface area contributed by atoms with Gasteiger partial charge in [-0.25, -0.2) is 0 Å². The highest BCUT2D eigenvalue weighted by atomic mass is 35.5. The van der Waals surface area contributed by atoms with E-state index in [0.29, 0.717) is 18.0 Å². The average molecular weight is 263 g/mol. The summed E-state index contributed by atoms with van der Waals surface area (Å²) in [6.45, 7) is 2.66. The number of nitrogens with zero attached hydrogens (tertiary/aromatic N) is 2. The molecule has 0 atom stereocenters. The Hall–Kier alpha value is -1.61. The van der Waals surface area contributed by atoms with Crippen molar-refractivity contribution in [2.24, 2.45) is 0 Å². The number of ketones is 1. The van der Waals surface area contributed by atoms with Crippen LogP contribution in [0.4, 0.5) is 0 Å². The lowest BCUT2D eigenvalue weighted by molar-refractivity contribution is 0.0981. The molecule has 0 amide bonds. The molecule has 0 aliphatic heterocycles. The first kappa shape index (κ1) is 12.8. The van der Waals surface area contributed by atoms with Gasteiger partial charge < -0.3 is 4.57 Å². The van der Waals surface area contributed by atoms with Crippen LogP contribution in [-0.2, 0) is 6.54 Å². The predicted molar refractivity (Wildman–Crippen MR) is 72.0 cm³/mol. The summed E-state index contributed by atoms with van der Waals surface area (Å²) in [5, 5.41) is 0.646. The van der Waals surface area contributed by atoms with Crippen molar-refractivity contribution in [3.05, 3.63) is 53.1 Å². The number of aromatic nitrogens is 2. The summed E-state index contributed by atoms with van der Waals surface area (Å²) in [7, 11) is 0. The fraction of sp³-hybridized carbons (Fsp3) is 0.286. The van der Waals surface area contributed by atoms with Crippen molar-refractivity contribution < 1.29 is 4.79 Å². The molecule has 0 bridgehead atoms. The molecule has 0 unspecified atom stereocenters. The largest absolute Gasteiger partial charge is 0.349 e. The first-order valence-electron chi connectivity index (χ1n) is 5.98. The summed E-state index contributed by atoms with van der Waals surface area (Å²) >= 11 is 6.05. The fourth-order valence-corrected chi connectivity index (χ4v) is 1.98. The van der Waals surface area contributed by atoms with Gasteiger partial charge in [-0.05, 0) is 24.1 Å². The lowest BCUT2D eigenvalue weighted by Gasteiger charge is -2.04. The van der Waals surface area contributed by atoms with Gasteiger partial charge in [-0.1, -0.05) is 18.5 Å². The minimum absolute atomic E-state index is 0.192. The van der Waals surface area contributed by atoms with E-state index >= 15 is 0 Å². The minimum atomic E-state index is 0.192. The van der Waals surface area contributed by atoms with E-state index in [-0.39, 0.29) is 5.78 Å². The Morgan fingerprint density at radius 1 is 1.44 bits per heavy atom. The molecule has 0 radical (unpaired) electrons. The number of hydrogen-bond donors (Lipinski definition) is 0. The van der Waals surface area contributed by atoms with Gasteiger partial charge in [-0.15, -0.1) is 0 Å². The van der Waals surface area contributed by atoms with E-state index in [2.05, 4.69) is 4.98 Å². The smallest absolute Gasteiger partial charge is 0.164 e. The molecule has 3 nitrogen and oxygen atoms in total. The lowest BCUT2D eigenvalue weighted by atomic mass is 10.1. The van der Waals surface area contributed by atoms with E-state index in [1.165, 1.54) is 0 Å². The van der Waals surface area contributed by atoms with Crippen LogP contribution in [0, 0.1) is 0 Å². The number of carbonyl (C=O) groups excluding carboxylic acids is 1. The van der Waals surface area contributed by atoms with Crippen molar-refractivity contribution in [3.63, 3.8) is 0 Å². The van der Waals surface area contributed by atoms with Crippen LogP contribution in [0.15, 0.2) is 36.9 Å². The highest BCUT2D eigenvalue weighted by Gasteiger charge is 2.07. The Morgan fingerprint density at radius 3 is 3.00 bits per heavy atom. The van der Waals surface area contributed by atoms with Gasteiger partial charge in [-0.2, -0.15) is 0 Å². The molecule has 4 heteroatoms. The summed E-state index contributed by atoms with van der Waals surface area (Å²) in [6.07, 6.45) is 8.59. The number of pyridine rings is 1. The van der Waals surface area contributed by atoms with Crippen LogP contribution in [-0.4, -0.2) is 15.3 Å². The Bertz CT molecular complexity index is 548. The van der Waals surface area contributed by atoms with Gasteiger partial charge in [0.15, 0.2) is 5.78 Å². The van der Waals surface area contributed by atoms with Crippen molar-refractivity contribution in [2.75, 3.05) is 0 Å². The number of hydrogen-bond acceptors (Lipinski definition) is 2. The van der Waals surface area contributed by atoms with Gasteiger partial charge in [0.25, 0.3) is 0 Å². The van der Waals surface area contributed by atoms with Crippen molar-refractivity contribution in [1.82, 2.24) is 9.55 Å². The molecule has 2 rings (SSSR count). The van der Waals surface area contributed by atoms with E-state index in [9.17, 15) is 4.79 Å². The average Bonchev–Trinajstić information content (AvgIpc) is 2.81.